The molecule has 0 bridgehead atoms. The average Bonchev–Trinajstić information content (AvgIpc) is 2.96. The van der Waals surface area contributed by atoms with E-state index in [1.54, 1.807) is 29.6 Å². The number of nitrogens with zero attached hydrogens (tertiary/aromatic N) is 4. The van der Waals surface area contributed by atoms with Gasteiger partial charge in [-0.1, -0.05) is 11.8 Å². The second-order valence-electron chi connectivity index (χ2n) is 5.38. The van der Waals surface area contributed by atoms with Gasteiger partial charge in [0.15, 0.2) is 5.78 Å². The lowest BCUT2D eigenvalue weighted by Gasteiger charge is -2.17. The Kier molecular flexibility index (Phi) is 4.71. The molecule has 1 aliphatic heterocycles. The van der Waals surface area contributed by atoms with Crippen LogP contribution in [0.3, 0.4) is 0 Å². The van der Waals surface area contributed by atoms with Crippen molar-refractivity contribution in [3.05, 3.63) is 29.3 Å². The van der Waals surface area contributed by atoms with Crippen molar-refractivity contribution in [1.82, 2.24) is 20.2 Å². The van der Waals surface area contributed by atoms with Crippen LogP contribution in [0.15, 0.2) is 23.4 Å². The molecule has 1 amide bonds. The zero-order chi connectivity index (χ0) is 16.2. The number of carbonyl (C=O) groups is 2. The summed E-state index contributed by atoms with van der Waals surface area (Å²) in [6.07, 6.45) is 2.43. The molecule has 2 heterocycles. The molecule has 0 saturated heterocycles. The number of anilines is 1. The fourth-order valence-corrected chi connectivity index (χ4v) is 3.23. The van der Waals surface area contributed by atoms with Crippen molar-refractivity contribution in [3.63, 3.8) is 0 Å². The fourth-order valence-electron chi connectivity index (χ4n) is 2.44. The molecule has 0 unspecified atom stereocenters. The molecular weight excluding hydrogens is 314 g/mol. The van der Waals surface area contributed by atoms with E-state index in [1.165, 1.54) is 0 Å². The lowest BCUT2D eigenvalue weighted by atomic mass is 9.97. The molecule has 0 atom stereocenters. The summed E-state index contributed by atoms with van der Waals surface area (Å²) in [6.45, 7) is 0. The number of hydrogen-bond acceptors (Lipinski definition) is 6. The van der Waals surface area contributed by atoms with Crippen molar-refractivity contribution >= 4 is 29.1 Å². The summed E-state index contributed by atoms with van der Waals surface area (Å²) in [7, 11) is 1.79. The van der Waals surface area contributed by atoms with Crippen LogP contribution >= 0.6 is 11.8 Å². The highest BCUT2D eigenvalue weighted by molar-refractivity contribution is 7.99. The Morgan fingerprint density at radius 1 is 1.39 bits per heavy atom. The number of rotatable bonds is 6. The second-order valence-corrected chi connectivity index (χ2v) is 6.44. The number of tetrazole rings is 1. The molecule has 3 rings (SSSR count). The zero-order valence-electron chi connectivity index (χ0n) is 12.8. The molecule has 120 valence electrons. The van der Waals surface area contributed by atoms with E-state index < -0.39 is 0 Å². The quantitative estimate of drug-likeness (QED) is 0.493. The molecule has 1 N–H and O–H groups in total. The van der Waals surface area contributed by atoms with Crippen LogP contribution in [0.5, 0.6) is 0 Å². The summed E-state index contributed by atoms with van der Waals surface area (Å²) in [5.74, 6) is 0.953. The Morgan fingerprint density at radius 2 is 2.26 bits per heavy atom. The minimum atomic E-state index is 0.0341. The van der Waals surface area contributed by atoms with Gasteiger partial charge in [0.25, 0.3) is 0 Å². The third-order valence-electron chi connectivity index (χ3n) is 3.68. The molecule has 1 aromatic heterocycles. The van der Waals surface area contributed by atoms with Gasteiger partial charge in [0.2, 0.25) is 11.1 Å². The Labute approximate surface area is 137 Å². The van der Waals surface area contributed by atoms with Crippen molar-refractivity contribution in [2.24, 2.45) is 7.05 Å². The summed E-state index contributed by atoms with van der Waals surface area (Å²) >= 11 is 1.54. The van der Waals surface area contributed by atoms with Crippen LogP contribution in [0.2, 0.25) is 0 Å². The topological polar surface area (TPSA) is 89.8 Å². The second kappa shape index (κ2) is 6.91. The number of aromatic nitrogens is 4. The van der Waals surface area contributed by atoms with E-state index in [1.807, 2.05) is 12.1 Å². The van der Waals surface area contributed by atoms with Crippen molar-refractivity contribution in [1.29, 1.82) is 0 Å². The third kappa shape index (κ3) is 3.76. The van der Waals surface area contributed by atoms with Crippen LogP contribution in [0.1, 0.15) is 35.2 Å². The van der Waals surface area contributed by atoms with E-state index in [2.05, 4.69) is 20.8 Å². The maximum absolute atomic E-state index is 12.3. The number of amides is 1. The Bertz CT molecular complexity index is 743. The Balaban J connectivity index is 1.52. The summed E-state index contributed by atoms with van der Waals surface area (Å²) in [5, 5.41) is 14.8. The number of thioether (sulfide) groups is 1. The number of Topliss-reactive ketones (excluding diaryl/α,β-unsaturated/α-hetero) is 1. The van der Waals surface area contributed by atoms with E-state index >= 15 is 0 Å². The highest BCUT2D eigenvalue weighted by Gasteiger charge is 2.16. The molecule has 1 aromatic carbocycles. The first-order chi connectivity index (χ1) is 11.1. The zero-order valence-corrected chi connectivity index (χ0v) is 13.6. The number of ketones is 1. The minimum Gasteiger partial charge on any atom is -0.326 e. The largest absolute Gasteiger partial charge is 0.326 e. The first-order valence-corrected chi connectivity index (χ1v) is 8.43. The average molecular weight is 331 g/mol. The number of fused-ring (bicyclic) bond motifs is 1. The molecule has 1 aliphatic rings. The van der Waals surface area contributed by atoms with Crippen LogP contribution in [-0.2, 0) is 18.3 Å². The lowest BCUT2D eigenvalue weighted by molar-refractivity contribution is -0.116. The smallest absolute Gasteiger partial charge is 0.224 e. The Morgan fingerprint density at radius 3 is 3.04 bits per heavy atom. The number of carbonyl (C=O) groups excluding carboxylic acids is 2. The van der Waals surface area contributed by atoms with E-state index in [-0.39, 0.29) is 11.7 Å². The molecule has 0 radical (unpaired) electrons. The van der Waals surface area contributed by atoms with Gasteiger partial charge < -0.3 is 5.32 Å². The molecule has 0 spiro atoms. The van der Waals surface area contributed by atoms with E-state index in [4.69, 9.17) is 0 Å². The predicted octanol–water partition coefficient (Wildman–Crippen LogP) is 1.85. The van der Waals surface area contributed by atoms with Crippen molar-refractivity contribution in [2.75, 3.05) is 11.1 Å². The van der Waals surface area contributed by atoms with Crippen LogP contribution in [-0.4, -0.2) is 37.7 Å². The number of nitrogens with one attached hydrogen (secondary N) is 1. The summed E-state index contributed by atoms with van der Waals surface area (Å²) in [4.78, 5) is 23.6. The summed E-state index contributed by atoms with van der Waals surface area (Å²) in [5.41, 5.74) is 2.57. The van der Waals surface area contributed by atoms with Gasteiger partial charge in [-0.05, 0) is 47.0 Å². The van der Waals surface area contributed by atoms with Gasteiger partial charge in [-0.3, -0.25) is 9.59 Å². The number of hydrogen-bond donors (Lipinski definition) is 1. The van der Waals surface area contributed by atoms with Gasteiger partial charge in [0.05, 0.1) is 0 Å². The van der Waals surface area contributed by atoms with Gasteiger partial charge in [-0.15, -0.1) is 5.10 Å². The van der Waals surface area contributed by atoms with E-state index in [9.17, 15) is 9.59 Å². The van der Waals surface area contributed by atoms with Gasteiger partial charge in [0.1, 0.15) is 0 Å². The van der Waals surface area contributed by atoms with Crippen LogP contribution in [0.25, 0.3) is 0 Å². The van der Waals surface area contributed by atoms with Crippen LogP contribution in [0.4, 0.5) is 5.69 Å². The third-order valence-corrected chi connectivity index (χ3v) is 4.78. The van der Waals surface area contributed by atoms with E-state index in [0.29, 0.717) is 24.8 Å². The maximum Gasteiger partial charge on any atom is 0.224 e. The highest BCUT2D eigenvalue weighted by Crippen LogP contribution is 2.24. The molecular formula is C15H17N5O2S. The fraction of sp³-hybridized carbons (Fsp3) is 0.400. The molecule has 2 aromatic rings. The van der Waals surface area contributed by atoms with Crippen LogP contribution in [0, 0.1) is 0 Å². The normalized spacial score (nSPS) is 13.5. The first-order valence-electron chi connectivity index (χ1n) is 7.44. The predicted molar refractivity (Wildman–Crippen MR) is 86.5 cm³/mol. The maximum atomic E-state index is 12.3. The minimum absolute atomic E-state index is 0.0341. The lowest BCUT2D eigenvalue weighted by Crippen LogP contribution is -2.19. The SMILES string of the molecule is Cn1nnnc1SCCCC(=O)c1ccc2c(c1)CCC(=O)N2. The molecule has 0 fully saturated rings. The molecule has 8 heteroatoms. The van der Waals surface area contributed by atoms with Crippen molar-refractivity contribution in [3.8, 4) is 0 Å². The van der Waals surface area contributed by atoms with Crippen molar-refractivity contribution < 1.29 is 9.59 Å². The molecule has 0 saturated carbocycles. The van der Waals surface area contributed by atoms with Crippen molar-refractivity contribution in [2.45, 2.75) is 30.8 Å². The summed E-state index contributed by atoms with van der Waals surface area (Å²) < 4.78 is 1.62. The number of benzene rings is 1. The Hall–Kier alpha value is -2.22. The molecule has 7 nitrogen and oxygen atoms in total. The van der Waals surface area contributed by atoms with Gasteiger partial charge in [-0.25, -0.2) is 4.68 Å². The van der Waals surface area contributed by atoms with Gasteiger partial charge in [0, 0.05) is 36.9 Å². The van der Waals surface area contributed by atoms with Gasteiger partial charge in [-0.2, -0.15) is 0 Å². The van der Waals surface area contributed by atoms with Gasteiger partial charge >= 0.3 is 0 Å². The summed E-state index contributed by atoms with van der Waals surface area (Å²) in [6, 6.07) is 5.50. The van der Waals surface area contributed by atoms with Crippen LogP contribution < -0.4 is 5.32 Å². The standard InChI is InChI=1S/C15H17N5O2S/c1-20-15(17-18-19-20)23-8-2-3-13(21)11-4-6-12-10(9-11)5-7-14(22)16-12/h4,6,9H,2-3,5,7-8H2,1H3,(H,16,22). The monoisotopic (exact) mass is 331 g/mol. The molecule has 0 aliphatic carbocycles. The van der Waals surface area contributed by atoms with E-state index in [0.717, 1.165) is 28.6 Å². The molecule has 23 heavy (non-hydrogen) atoms. The number of aryl methyl sites for hydroxylation is 2. The first kappa shape index (κ1) is 15.7. The highest BCUT2D eigenvalue weighted by atomic mass is 32.2.